The van der Waals surface area contributed by atoms with Crippen molar-refractivity contribution in [3.63, 3.8) is 0 Å². The van der Waals surface area contributed by atoms with E-state index in [9.17, 15) is 8.78 Å². The second-order valence-corrected chi connectivity index (χ2v) is 2.46. The van der Waals surface area contributed by atoms with Crippen LogP contribution < -0.4 is 5.73 Å². The lowest BCUT2D eigenvalue weighted by Crippen LogP contribution is -2.21. The fourth-order valence-corrected chi connectivity index (χ4v) is 1.00. The summed E-state index contributed by atoms with van der Waals surface area (Å²) in [5.41, 5.74) is 5.63. The minimum atomic E-state index is -2.54. The molecule has 0 bridgehead atoms. The van der Waals surface area contributed by atoms with Crippen LogP contribution in [0, 0.1) is 0 Å². The fourth-order valence-electron chi connectivity index (χ4n) is 1.00. The number of rotatable bonds is 3. The highest BCUT2D eigenvalue weighted by atomic mass is 19.3. The molecule has 1 aromatic heterocycles. The van der Waals surface area contributed by atoms with Gasteiger partial charge in [0, 0.05) is 12.7 Å². The number of hydrogen-bond acceptors (Lipinski definition) is 2. The molecule has 1 heterocycles. The predicted molar refractivity (Wildman–Crippen MR) is 40.8 cm³/mol. The number of nitrogens with zero attached hydrogens (tertiary/aromatic N) is 2. The Hall–Kier alpha value is -0.970. The molecule has 0 aliphatic rings. The molecule has 0 spiro atoms. The average Bonchev–Trinajstić information content (AvgIpc) is 2.49. The number of imidazole rings is 1. The van der Waals surface area contributed by atoms with Gasteiger partial charge in [0.05, 0.1) is 12.0 Å². The smallest absolute Gasteiger partial charge is 0.259 e. The highest BCUT2D eigenvalue weighted by Crippen LogP contribution is 2.16. The quantitative estimate of drug-likeness (QED) is 0.749. The second kappa shape index (κ2) is 3.62. The van der Waals surface area contributed by atoms with Crippen LogP contribution in [0.25, 0.3) is 0 Å². The van der Waals surface area contributed by atoms with Crippen LogP contribution in [0.5, 0.6) is 0 Å². The molecule has 0 fully saturated rings. The SMILES string of the molecule is CCn1cncc1C(N)C(F)F. The normalized spacial score (nSPS) is 13.8. The lowest BCUT2D eigenvalue weighted by Gasteiger charge is -2.11. The van der Waals surface area contributed by atoms with Gasteiger partial charge in [-0.25, -0.2) is 13.8 Å². The van der Waals surface area contributed by atoms with Crippen molar-refractivity contribution >= 4 is 0 Å². The van der Waals surface area contributed by atoms with E-state index in [2.05, 4.69) is 4.98 Å². The zero-order valence-electron chi connectivity index (χ0n) is 6.74. The van der Waals surface area contributed by atoms with Crippen LogP contribution in [-0.4, -0.2) is 16.0 Å². The molecule has 0 saturated heterocycles. The number of alkyl halides is 2. The molecule has 2 N–H and O–H groups in total. The molecule has 68 valence electrons. The van der Waals surface area contributed by atoms with Gasteiger partial charge in [-0.05, 0) is 6.92 Å². The molecule has 0 aliphatic carbocycles. The summed E-state index contributed by atoms with van der Waals surface area (Å²) in [6, 6.07) is -1.23. The maximum atomic E-state index is 12.1. The third kappa shape index (κ3) is 1.61. The summed E-state index contributed by atoms with van der Waals surface area (Å²) < 4.78 is 25.9. The van der Waals surface area contributed by atoms with Gasteiger partial charge in [-0.2, -0.15) is 0 Å². The molecule has 0 radical (unpaired) electrons. The van der Waals surface area contributed by atoms with Crippen molar-refractivity contribution in [3.8, 4) is 0 Å². The van der Waals surface area contributed by atoms with Gasteiger partial charge in [0.2, 0.25) is 0 Å². The summed E-state index contributed by atoms with van der Waals surface area (Å²) >= 11 is 0. The molecular weight excluding hydrogens is 164 g/mol. The van der Waals surface area contributed by atoms with Crippen molar-refractivity contribution in [3.05, 3.63) is 18.2 Å². The van der Waals surface area contributed by atoms with E-state index in [1.165, 1.54) is 12.5 Å². The Morgan fingerprint density at radius 2 is 2.33 bits per heavy atom. The van der Waals surface area contributed by atoms with E-state index < -0.39 is 12.5 Å². The number of hydrogen-bond donors (Lipinski definition) is 1. The van der Waals surface area contributed by atoms with Gasteiger partial charge in [-0.1, -0.05) is 0 Å². The Morgan fingerprint density at radius 3 is 2.83 bits per heavy atom. The lowest BCUT2D eigenvalue weighted by molar-refractivity contribution is 0.113. The second-order valence-electron chi connectivity index (χ2n) is 2.46. The lowest BCUT2D eigenvalue weighted by atomic mass is 10.2. The van der Waals surface area contributed by atoms with Crippen LogP contribution in [0.1, 0.15) is 18.7 Å². The van der Waals surface area contributed by atoms with Gasteiger partial charge >= 0.3 is 0 Å². The molecule has 1 aromatic rings. The summed E-state index contributed by atoms with van der Waals surface area (Å²) in [4.78, 5) is 3.75. The van der Waals surface area contributed by atoms with Gasteiger partial charge in [0.1, 0.15) is 6.04 Å². The number of aryl methyl sites for hydroxylation is 1. The van der Waals surface area contributed by atoms with E-state index in [4.69, 9.17) is 5.73 Å². The number of aromatic nitrogens is 2. The molecule has 1 atom stereocenters. The minimum absolute atomic E-state index is 0.382. The van der Waals surface area contributed by atoms with Crippen LogP contribution in [0.2, 0.25) is 0 Å². The Bertz CT molecular complexity index is 247. The van der Waals surface area contributed by atoms with Crippen molar-refractivity contribution in [2.45, 2.75) is 25.9 Å². The van der Waals surface area contributed by atoms with Crippen molar-refractivity contribution in [2.75, 3.05) is 0 Å². The fraction of sp³-hybridized carbons (Fsp3) is 0.571. The van der Waals surface area contributed by atoms with Crippen molar-refractivity contribution in [1.29, 1.82) is 0 Å². The van der Waals surface area contributed by atoms with E-state index in [-0.39, 0.29) is 0 Å². The summed E-state index contributed by atoms with van der Waals surface area (Å²) in [5, 5.41) is 0. The van der Waals surface area contributed by atoms with Crippen LogP contribution in [0.3, 0.4) is 0 Å². The summed E-state index contributed by atoms with van der Waals surface area (Å²) in [7, 11) is 0. The maximum Gasteiger partial charge on any atom is 0.259 e. The maximum absolute atomic E-state index is 12.1. The predicted octanol–water partition coefficient (Wildman–Crippen LogP) is 1.17. The molecule has 0 aromatic carbocycles. The van der Waals surface area contributed by atoms with E-state index in [1.807, 2.05) is 6.92 Å². The van der Waals surface area contributed by atoms with Gasteiger partial charge < -0.3 is 10.3 Å². The standard InChI is InChI=1S/C7H11F2N3/c1-2-12-4-11-3-5(12)6(10)7(8)9/h3-4,6-7H,2,10H2,1H3. The van der Waals surface area contributed by atoms with E-state index >= 15 is 0 Å². The number of halogens is 2. The highest BCUT2D eigenvalue weighted by Gasteiger charge is 2.20. The first kappa shape index (κ1) is 9.12. The average molecular weight is 175 g/mol. The Labute approximate surface area is 69.2 Å². The highest BCUT2D eigenvalue weighted by molar-refractivity contribution is 5.05. The molecule has 1 rings (SSSR count). The first-order chi connectivity index (χ1) is 5.66. The van der Waals surface area contributed by atoms with Gasteiger partial charge in [0.25, 0.3) is 6.43 Å². The largest absolute Gasteiger partial charge is 0.333 e. The van der Waals surface area contributed by atoms with Crippen molar-refractivity contribution in [1.82, 2.24) is 9.55 Å². The zero-order valence-corrected chi connectivity index (χ0v) is 6.74. The van der Waals surface area contributed by atoms with E-state index in [1.54, 1.807) is 4.57 Å². The Morgan fingerprint density at radius 1 is 1.67 bits per heavy atom. The Kier molecular flexibility index (Phi) is 2.75. The molecule has 12 heavy (non-hydrogen) atoms. The van der Waals surface area contributed by atoms with Gasteiger partial charge in [-0.3, -0.25) is 0 Å². The number of nitrogens with two attached hydrogens (primary N) is 1. The van der Waals surface area contributed by atoms with Crippen LogP contribution in [-0.2, 0) is 6.54 Å². The van der Waals surface area contributed by atoms with E-state index in [0.29, 0.717) is 12.2 Å². The first-order valence-corrected chi connectivity index (χ1v) is 3.70. The minimum Gasteiger partial charge on any atom is -0.333 e. The molecule has 0 amide bonds. The molecule has 0 saturated carbocycles. The molecular formula is C7H11F2N3. The molecule has 3 nitrogen and oxygen atoms in total. The van der Waals surface area contributed by atoms with Crippen molar-refractivity contribution < 1.29 is 8.78 Å². The monoisotopic (exact) mass is 175 g/mol. The van der Waals surface area contributed by atoms with Gasteiger partial charge in [-0.15, -0.1) is 0 Å². The zero-order chi connectivity index (χ0) is 9.14. The summed E-state index contributed by atoms with van der Waals surface area (Å²) in [5.74, 6) is 0. The van der Waals surface area contributed by atoms with Crippen LogP contribution in [0.15, 0.2) is 12.5 Å². The first-order valence-electron chi connectivity index (χ1n) is 3.70. The Balaban J connectivity index is 2.86. The van der Waals surface area contributed by atoms with Gasteiger partial charge in [0.15, 0.2) is 0 Å². The van der Waals surface area contributed by atoms with E-state index in [0.717, 1.165) is 0 Å². The summed E-state index contributed by atoms with van der Waals surface area (Å²) in [6.07, 6.45) is 0.338. The molecule has 5 heteroatoms. The van der Waals surface area contributed by atoms with Crippen LogP contribution in [0.4, 0.5) is 8.78 Å². The van der Waals surface area contributed by atoms with Crippen molar-refractivity contribution in [2.24, 2.45) is 5.73 Å². The third-order valence-electron chi connectivity index (χ3n) is 1.70. The third-order valence-corrected chi connectivity index (χ3v) is 1.70. The topological polar surface area (TPSA) is 43.8 Å². The summed E-state index contributed by atoms with van der Waals surface area (Å²) in [6.45, 7) is 2.46. The molecule has 1 unspecified atom stereocenters. The molecule has 0 aliphatic heterocycles. The van der Waals surface area contributed by atoms with Crippen LogP contribution >= 0.6 is 0 Å².